The Morgan fingerprint density at radius 1 is 1.10 bits per heavy atom. The topological polar surface area (TPSA) is 73.1 Å². The van der Waals surface area contributed by atoms with Crippen molar-refractivity contribution in [3.05, 3.63) is 77.0 Å². The van der Waals surface area contributed by atoms with Crippen LogP contribution in [0.3, 0.4) is 0 Å². The molecule has 2 aromatic carbocycles. The number of para-hydroxylation sites is 2. The third kappa shape index (κ3) is 3.38. The van der Waals surface area contributed by atoms with Crippen LogP contribution in [0, 0.1) is 0 Å². The zero-order chi connectivity index (χ0) is 19.6. The van der Waals surface area contributed by atoms with Gasteiger partial charge in [-0.1, -0.05) is 42.5 Å². The van der Waals surface area contributed by atoms with Crippen LogP contribution in [0.5, 0.6) is 5.75 Å². The van der Waals surface area contributed by atoms with E-state index in [4.69, 9.17) is 4.74 Å². The summed E-state index contributed by atoms with van der Waals surface area (Å²) < 4.78 is 5.93. The molecule has 0 unspecified atom stereocenters. The quantitative estimate of drug-likeness (QED) is 0.521. The molecule has 0 saturated heterocycles. The van der Waals surface area contributed by atoms with E-state index in [1.807, 2.05) is 71.4 Å². The van der Waals surface area contributed by atoms with Gasteiger partial charge in [-0.15, -0.1) is 10.2 Å². The molecule has 4 aromatic rings. The molecule has 0 spiro atoms. The van der Waals surface area contributed by atoms with E-state index in [9.17, 15) is 4.79 Å². The molecular weight excluding hydrogens is 386 g/mol. The molecule has 1 atom stereocenters. The average Bonchev–Trinajstić information content (AvgIpc) is 3.45. The highest BCUT2D eigenvalue weighted by Crippen LogP contribution is 2.39. The van der Waals surface area contributed by atoms with Gasteiger partial charge in [0.1, 0.15) is 18.9 Å². The molecule has 1 aliphatic rings. The number of anilines is 1. The lowest BCUT2D eigenvalue weighted by molar-refractivity contribution is -0.120. The molecule has 3 heterocycles. The Bertz CT molecular complexity index is 1130. The van der Waals surface area contributed by atoms with E-state index in [1.165, 1.54) is 4.80 Å². The summed E-state index contributed by atoms with van der Waals surface area (Å²) in [6, 6.07) is 19.2. The molecule has 0 aliphatic carbocycles. The summed E-state index contributed by atoms with van der Waals surface area (Å²) in [6.45, 7) is 0.381. The molecule has 2 aromatic heterocycles. The zero-order valence-corrected chi connectivity index (χ0v) is 16.2. The Morgan fingerprint density at radius 2 is 1.93 bits per heavy atom. The summed E-state index contributed by atoms with van der Waals surface area (Å²) in [5.74, 6) is 1.09. The first-order valence-corrected chi connectivity index (χ1v) is 10.1. The minimum Gasteiger partial charge on any atom is -0.489 e. The number of carbonyl (C=O) groups is 1. The second kappa shape index (κ2) is 7.48. The molecule has 7 nitrogen and oxygen atoms in total. The fraction of sp³-hybridized carbons (Fsp3) is 0.143. The molecule has 0 fully saturated rings. The number of thiophene rings is 1. The van der Waals surface area contributed by atoms with Gasteiger partial charge in [-0.2, -0.15) is 16.1 Å². The van der Waals surface area contributed by atoms with Gasteiger partial charge >= 0.3 is 0 Å². The number of tetrazole rings is 1. The molecule has 8 heteroatoms. The number of ether oxygens (including phenoxy) is 1. The molecule has 0 saturated carbocycles. The third-order valence-electron chi connectivity index (χ3n) is 4.80. The predicted molar refractivity (Wildman–Crippen MR) is 110 cm³/mol. The summed E-state index contributed by atoms with van der Waals surface area (Å²) in [7, 11) is 0. The van der Waals surface area contributed by atoms with Gasteiger partial charge in [0, 0.05) is 10.9 Å². The lowest BCUT2D eigenvalue weighted by atomic mass is 10.0. The SMILES string of the molecule is O=C(Cn1nnc(-c2ccsc2)n1)N1c2ccccc2OC[C@H]1c1ccccc1. The molecule has 1 aliphatic heterocycles. The summed E-state index contributed by atoms with van der Waals surface area (Å²) >= 11 is 1.56. The van der Waals surface area contributed by atoms with Crippen LogP contribution in [0.4, 0.5) is 5.69 Å². The van der Waals surface area contributed by atoms with Crippen molar-refractivity contribution < 1.29 is 9.53 Å². The molecule has 1 amide bonds. The van der Waals surface area contributed by atoms with Crippen molar-refractivity contribution in [2.75, 3.05) is 11.5 Å². The Morgan fingerprint density at radius 3 is 2.76 bits per heavy atom. The Balaban J connectivity index is 1.46. The zero-order valence-electron chi connectivity index (χ0n) is 15.4. The number of carbonyl (C=O) groups excluding carboxylic acids is 1. The second-order valence-corrected chi connectivity index (χ2v) is 7.40. The third-order valence-corrected chi connectivity index (χ3v) is 5.48. The number of nitrogens with zero attached hydrogens (tertiary/aromatic N) is 5. The van der Waals surface area contributed by atoms with Crippen LogP contribution in [-0.4, -0.2) is 32.7 Å². The van der Waals surface area contributed by atoms with Crippen LogP contribution < -0.4 is 9.64 Å². The van der Waals surface area contributed by atoms with Crippen molar-refractivity contribution in [1.82, 2.24) is 20.2 Å². The smallest absolute Gasteiger partial charge is 0.251 e. The van der Waals surface area contributed by atoms with E-state index in [0.29, 0.717) is 18.2 Å². The highest BCUT2D eigenvalue weighted by atomic mass is 32.1. The Hall–Kier alpha value is -3.52. The number of benzene rings is 2. The Labute approximate surface area is 171 Å². The first-order valence-electron chi connectivity index (χ1n) is 9.19. The van der Waals surface area contributed by atoms with Crippen LogP contribution in [0.25, 0.3) is 11.4 Å². The predicted octanol–water partition coefficient (Wildman–Crippen LogP) is 3.57. The van der Waals surface area contributed by atoms with E-state index < -0.39 is 0 Å². The van der Waals surface area contributed by atoms with Crippen LogP contribution in [0.2, 0.25) is 0 Å². The normalized spacial score (nSPS) is 15.6. The van der Waals surface area contributed by atoms with E-state index in [0.717, 1.165) is 16.8 Å². The van der Waals surface area contributed by atoms with Gasteiger partial charge in [-0.05, 0) is 34.4 Å². The van der Waals surface area contributed by atoms with Crippen LogP contribution in [0.15, 0.2) is 71.4 Å². The highest BCUT2D eigenvalue weighted by molar-refractivity contribution is 7.08. The maximum Gasteiger partial charge on any atom is 0.251 e. The maximum absolute atomic E-state index is 13.4. The van der Waals surface area contributed by atoms with Crippen molar-refractivity contribution >= 4 is 22.9 Å². The van der Waals surface area contributed by atoms with Crippen LogP contribution in [0.1, 0.15) is 11.6 Å². The van der Waals surface area contributed by atoms with E-state index >= 15 is 0 Å². The van der Waals surface area contributed by atoms with Crippen molar-refractivity contribution in [2.24, 2.45) is 0 Å². The molecule has 0 bridgehead atoms. The molecule has 0 N–H and O–H groups in total. The fourth-order valence-electron chi connectivity index (χ4n) is 3.43. The van der Waals surface area contributed by atoms with Gasteiger partial charge in [-0.3, -0.25) is 9.69 Å². The largest absolute Gasteiger partial charge is 0.489 e. The molecule has 5 rings (SSSR count). The number of hydrogen-bond acceptors (Lipinski definition) is 6. The second-order valence-electron chi connectivity index (χ2n) is 6.62. The number of fused-ring (bicyclic) bond motifs is 1. The average molecular weight is 403 g/mol. The first kappa shape index (κ1) is 17.6. The molecule has 0 radical (unpaired) electrons. The molecular formula is C21H17N5O2S. The van der Waals surface area contributed by atoms with Gasteiger partial charge in [0.15, 0.2) is 0 Å². The monoisotopic (exact) mass is 403 g/mol. The molecule has 29 heavy (non-hydrogen) atoms. The fourth-order valence-corrected chi connectivity index (χ4v) is 4.07. The summed E-state index contributed by atoms with van der Waals surface area (Å²) in [5, 5.41) is 16.4. The first-order chi connectivity index (χ1) is 14.3. The van der Waals surface area contributed by atoms with Crippen LogP contribution >= 0.6 is 11.3 Å². The van der Waals surface area contributed by atoms with Crippen molar-refractivity contribution in [3.63, 3.8) is 0 Å². The Kier molecular flexibility index (Phi) is 4.53. The number of amides is 1. The lowest BCUT2D eigenvalue weighted by Gasteiger charge is -2.37. The summed E-state index contributed by atoms with van der Waals surface area (Å²) in [4.78, 5) is 16.5. The van der Waals surface area contributed by atoms with Gasteiger partial charge in [0.25, 0.3) is 5.91 Å². The van der Waals surface area contributed by atoms with Gasteiger partial charge in [0.05, 0.1) is 11.7 Å². The minimum absolute atomic E-state index is 0.00515. The number of aromatic nitrogens is 4. The standard InChI is InChI=1S/C21H17N5O2S/c27-20(12-25-23-21(22-24-25)16-10-11-29-14-16)26-17-8-4-5-9-19(17)28-13-18(26)15-6-2-1-3-7-15/h1-11,14,18H,12-13H2/t18-/m0/s1. The summed E-state index contributed by atoms with van der Waals surface area (Å²) in [6.07, 6.45) is 0. The minimum atomic E-state index is -0.224. The highest BCUT2D eigenvalue weighted by Gasteiger charge is 2.33. The van der Waals surface area contributed by atoms with Crippen molar-refractivity contribution in [3.8, 4) is 17.1 Å². The van der Waals surface area contributed by atoms with Gasteiger partial charge in [0.2, 0.25) is 5.82 Å². The van der Waals surface area contributed by atoms with Crippen molar-refractivity contribution in [1.29, 1.82) is 0 Å². The van der Waals surface area contributed by atoms with E-state index in [-0.39, 0.29) is 18.5 Å². The van der Waals surface area contributed by atoms with E-state index in [2.05, 4.69) is 15.4 Å². The van der Waals surface area contributed by atoms with E-state index in [1.54, 1.807) is 16.2 Å². The number of rotatable bonds is 4. The van der Waals surface area contributed by atoms with Crippen molar-refractivity contribution in [2.45, 2.75) is 12.6 Å². The maximum atomic E-state index is 13.4. The summed E-state index contributed by atoms with van der Waals surface area (Å²) in [5.41, 5.74) is 2.66. The van der Waals surface area contributed by atoms with Crippen LogP contribution in [-0.2, 0) is 11.3 Å². The number of hydrogen-bond donors (Lipinski definition) is 0. The molecule has 144 valence electrons. The van der Waals surface area contributed by atoms with Gasteiger partial charge < -0.3 is 4.74 Å². The van der Waals surface area contributed by atoms with Gasteiger partial charge in [-0.25, -0.2) is 0 Å². The lowest BCUT2D eigenvalue weighted by Crippen LogP contribution is -2.43.